The molecule has 2 rings (SSSR count). The van der Waals surface area contributed by atoms with E-state index in [1.165, 1.54) is 12.1 Å². The van der Waals surface area contributed by atoms with E-state index in [4.69, 9.17) is 5.26 Å². The highest BCUT2D eigenvalue weighted by atomic mass is 19.1. The van der Waals surface area contributed by atoms with Crippen LogP contribution in [-0.2, 0) is 0 Å². The summed E-state index contributed by atoms with van der Waals surface area (Å²) in [7, 11) is 0. The summed E-state index contributed by atoms with van der Waals surface area (Å²) in [4.78, 5) is 0. The van der Waals surface area contributed by atoms with Crippen LogP contribution in [0.4, 0.5) is 10.1 Å². The molecule has 2 aromatic rings. The molecule has 0 bridgehead atoms. The zero-order valence-corrected chi connectivity index (χ0v) is 10.4. The van der Waals surface area contributed by atoms with Gasteiger partial charge in [-0.05, 0) is 36.8 Å². The van der Waals surface area contributed by atoms with Gasteiger partial charge >= 0.3 is 0 Å². The van der Waals surface area contributed by atoms with Crippen LogP contribution in [-0.4, -0.2) is 5.11 Å². The third-order valence-corrected chi connectivity index (χ3v) is 2.73. The number of phenolic OH excluding ortho intramolecular Hbond substituents is 1. The number of aryl methyl sites for hydroxylation is 1. The van der Waals surface area contributed by atoms with Crippen molar-refractivity contribution in [2.45, 2.75) is 13.0 Å². The van der Waals surface area contributed by atoms with Crippen LogP contribution in [0.3, 0.4) is 0 Å². The number of nitrogens with zero attached hydrogens (tertiary/aromatic N) is 1. The second-order valence-corrected chi connectivity index (χ2v) is 4.32. The fourth-order valence-corrected chi connectivity index (χ4v) is 1.77. The highest BCUT2D eigenvalue weighted by Gasteiger charge is 2.12. The van der Waals surface area contributed by atoms with Gasteiger partial charge in [0, 0.05) is 11.8 Å². The van der Waals surface area contributed by atoms with E-state index in [1.807, 2.05) is 37.3 Å². The number of nitrogens with one attached hydrogen (secondary N) is 1. The molecule has 0 saturated heterocycles. The quantitative estimate of drug-likeness (QED) is 0.883. The molecule has 0 aromatic heterocycles. The van der Waals surface area contributed by atoms with Gasteiger partial charge in [-0.3, -0.25) is 0 Å². The predicted octanol–water partition coefficient (Wildman–Crippen LogP) is 3.52. The van der Waals surface area contributed by atoms with Crippen LogP contribution in [0.15, 0.2) is 42.5 Å². The lowest BCUT2D eigenvalue weighted by Gasteiger charge is -2.14. The highest BCUT2D eigenvalue weighted by Crippen LogP contribution is 2.23. The maximum Gasteiger partial charge on any atom is 0.140 e. The first-order valence-corrected chi connectivity index (χ1v) is 5.81. The van der Waals surface area contributed by atoms with Gasteiger partial charge in [0.05, 0.1) is 6.07 Å². The zero-order chi connectivity index (χ0) is 13.8. The maximum absolute atomic E-state index is 13.2. The summed E-state index contributed by atoms with van der Waals surface area (Å²) >= 11 is 0. The lowest BCUT2D eigenvalue weighted by Crippen LogP contribution is -2.08. The van der Waals surface area contributed by atoms with E-state index in [2.05, 4.69) is 5.32 Å². The lowest BCUT2D eigenvalue weighted by atomic mass is 10.1. The molecular weight excluding hydrogens is 243 g/mol. The number of halogens is 1. The second-order valence-electron chi connectivity index (χ2n) is 4.32. The number of rotatable bonds is 3. The van der Waals surface area contributed by atoms with Crippen molar-refractivity contribution >= 4 is 5.69 Å². The van der Waals surface area contributed by atoms with Crippen LogP contribution in [0.1, 0.15) is 17.2 Å². The summed E-state index contributed by atoms with van der Waals surface area (Å²) < 4.78 is 13.2. The number of hydrogen-bond acceptors (Lipinski definition) is 3. The first kappa shape index (κ1) is 12.9. The molecule has 0 fully saturated rings. The average Bonchev–Trinajstić information content (AvgIpc) is 2.37. The third-order valence-electron chi connectivity index (χ3n) is 2.73. The molecule has 96 valence electrons. The summed E-state index contributed by atoms with van der Waals surface area (Å²) in [5.41, 5.74) is 2.27. The van der Waals surface area contributed by atoms with Crippen LogP contribution >= 0.6 is 0 Å². The van der Waals surface area contributed by atoms with Gasteiger partial charge in [0.1, 0.15) is 17.6 Å². The molecule has 1 unspecified atom stereocenters. The largest absolute Gasteiger partial charge is 0.508 e. The molecule has 2 aromatic carbocycles. The van der Waals surface area contributed by atoms with E-state index in [-0.39, 0.29) is 5.75 Å². The number of anilines is 1. The second kappa shape index (κ2) is 5.40. The Hall–Kier alpha value is -2.54. The van der Waals surface area contributed by atoms with Gasteiger partial charge in [-0.25, -0.2) is 4.39 Å². The van der Waals surface area contributed by atoms with Crippen LogP contribution in [0, 0.1) is 24.1 Å². The first-order chi connectivity index (χ1) is 9.08. The lowest BCUT2D eigenvalue weighted by molar-refractivity contribution is 0.468. The summed E-state index contributed by atoms with van der Waals surface area (Å²) in [6.07, 6.45) is 0. The normalized spacial score (nSPS) is 11.6. The third kappa shape index (κ3) is 3.23. The molecule has 0 heterocycles. The number of phenols is 1. The summed E-state index contributed by atoms with van der Waals surface area (Å²) in [5.74, 6) is -0.762. The van der Waals surface area contributed by atoms with Crippen molar-refractivity contribution in [3.8, 4) is 11.8 Å². The minimum atomic E-state index is -0.718. The van der Waals surface area contributed by atoms with E-state index in [0.29, 0.717) is 5.56 Å². The van der Waals surface area contributed by atoms with Crippen molar-refractivity contribution < 1.29 is 9.50 Å². The SMILES string of the molecule is Cc1ccc(NC(C#N)c2cc(O)cc(F)c2)cc1. The van der Waals surface area contributed by atoms with Gasteiger partial charge in [0.25, 0.3) is 0 Å². The van der Waals surface area contributed by atoms with Crippen LogP contribution in [0.5, 0.6) is 5.75 Å². The van der Waals surface area contributed by atoms with E-state index >= 15 is 0 Å². The highest BCUT2D eigenvalue weighted by molar-refractivity contribution is 5.49. The number of nitriles is 1. The van der Waals surface area contributed by atoms with Crippen molar-refractivity contribution in [1.82, 2.24) is 0 Å². The fourth-order valence-electron chi connectivity index (χ4n) is 1.77. The zero-order valence-electron chi connectivity index (χ0n) is 10.4. The van der Waals surface area contributed by atoms with Gasteiger partial charge in [-0.2, -0.15) is 5.26 Å². The molecule has 1 atom stereocenters. The molecular formula is C15H13FN2O. The minimum absolute atomic E-state index is 0.194. The smallest absolute Gasteiger partial charge is 0.140 e. The molecule has 0 amide bonds. The molecule has 3 nitrogen and oxygen atoms in total. The van der Waals surface area contributed by atoms with Gasteiger partial charge in [0.15, 0.2) is 0 Å². The van der Waals surface area contributed by atoms with E-state index in [1.54, 1.807) is 0 Å². The van der Waals surface area contributed by atoms with Gasteiger partial charge < -0.3 is 10.4 Å². The van der Waals surface area contributed by atoms with Gasteiger partial charge in [-0.1, -0.05) is 17.7 Å². The number of benzene rings is 2. The summed E-state index contributed by atoms with van der Waals surface area (Å²) in [6.45, 7) is 1.97. The molecule has 4 heteroatoms. The first-order valence-electron chi connectivity index (χ1n) is 5.81. The average molecular weight is 256 g/mol. The summed E-state index contributed by atoms with van der Waals surface area (Å²) in [6, 6.07) is 12.5. The Morgan fingerprint density at radius 1 is 1.21 bits per heavy atom. The van der Waals surface area contributed by atoms with Crippen LogP contribution in [0.25, 0.3) is 0 Å². The van der Waals surface area contributed by atoms with E-state index in [0.717, 1.165) is 17.3 Å². The van der Waals surface area contributed by atoms with Crippen molar-refractivity contribution in [3.63, 3.8) is 0 Å². The Labute approximate surface area is 110 Å². The van der Waals surface area contributed by atoms with Crippen molar-refractivity contribution in [1.29, 1.82) is 5.26 Å². The van der Waals surface area contributed by atoms with Gasteiger partial charge in [-0.15, -0.1) is 0 Å². The predicted molar refractivity (Wildman–Crippen MR) is 71.2 cm³/mol. The molecule has 19 heavy (non-hydrogen) atoms. The number of hydrogen-bond donors (Lipinski definition) is 2. The van der Waals surface area contributed by atoms with E-state index < -0.39 is 11.9 Å². The monoisotopic (exact) mass is 256 g/mol. The van der Waals surface area contributed by atoms with Crippen molar-refractivity contribution in [2.24, 2.45) is 0 Å². The molecule has 0 radical (unpaired) electrons. The Balaban J connectivity index is 2.25. The molecule has 0 aliphatic carbocycles. The number of aromatic hydroxyl groups is 1. The van der Waals surface area contributed by atoms with Crippen LogP contribution in [0.2, 0.25) is 0 Å². The molecule has 0 aliphatic heterocycles. The van der Waals surface area contributed by atoms with Gasteiger partial charge in [0.2, 0.25) is 0 Å². The fraction of sp³-hybridized carbons (Fsp3) is 0.133. The van der Waals surface area contributed by atoms with E-state index in [9.17, 15) is 9.50 Å². The Kier molecular flexibility index (Phi) is 3.67. The summed E-state index contributed by atoms with van der Waals surface area (Å²) in [5, 5.41) is 21.5. The Morgan fingerprint density at radius 2 is 1.89 bits per heavy atom. The Bertz CT molecular complexity index is 597. The molecule has 0 saturated carbocycles. The Morgan fingerprint density at radius 3 is 2.47 bits per heavy atom. The topological polar surface area (TPSA) is 56.0 Å². The van der Waals surface area contributed by atoms with Crippen molar-refractivity contribution in [2.75, 3.05) is 5.32 Å². The molecule has 2 N–H and O–H groups in total. The van der Waals surface area contributed by atoms with Crippen molar-refractivity contribution in [3.05, 3.63) is 59.4 Å². The standard InChI is InChI=1S/C15H13FN2O/c1-10-2-4-13(5-3-10)18-15(9-17)11-6-12(16)8-14(19)7-11/h2-8,15,18-19H,1H3. The molecule has 0 spiro atoms. The maximum atomic E-state index is 13.2. The molecule has 0 aliphatic rings. The minimum Gasteiger partial charge on any atom is -0.508 e. The van der Waals surface area contributed by atoms with Crippen LogP contribution < -0.4 is 5.32 Å².